The van der Waals surface area contributed by atoms with Crippen molar-refractivity contribution in [3.63, 3.8) is 0 Å². The number of carbonyl (C=O) groups is 1. The SMILES string of the molecule is COc1cccc(C(=O)Nc2nn3c(-c4cccc(C)c4)nnc3s2)c1. The Balaban J connectivity index is 1.63. The Morgan fingerprint density at radius 1 is 1.15 bits per heavy atom. The molecular weight excluding hydrogens is 350 g/mol. The van der Waals surface area contributed by atoms with E-state index in [0.29, 0.717) is 27.2 Å². The standard InChI is InChI=1S/C18H15N5O2S/c1-11-5-3-6-12(9-11)15-20-21-18-23(15)22-17(26-18)19-16(24)13-7-4-8-14(10-13)25-2/h3-10H,1-2H3,(H,19,22,24). The molecule has 0 atom stereocenters. The molecule has 130 valence electrons. The van der Waals surface area contributed by atoms with Gasteiger partial charge in [-0.2, -0.15) is 4.52 Å². The molecule has 0 fully saturated rings. The van der Waals surface area contributed by atoms with E-state index in [1.54, 1.807) is 35.9 Å². The Hall–Kier alpha value is -3.26. The first-order valence-corrected chi connectivity index (χ1v) is 8.70. The van der Waals surface area contributed by atoms with Crippen molar-refractivity contribution in [1.82, 2.24) is 19.8 Å². The summed E-state index contributed by atoms with van der Waals surface area (Å²) in [6.07, 6.45) is 0. The summed E-state index contributed by atoms with van der Waals surface area (Å²) in [5, 5.41) is 16.0. The average molecular weight is 365 g/mol. The molecule has 0 aliphatic rings. The van der Waals surface area contributed by atoms with Crippen LogP contribution in [-0.2, 0) is 0 Å². The molecule has 1 N–H and O–H groups in total. The quantitative estimate of drug-likeness (QED) is 0.599. The fraction of sp³-hybridized carbons (Fsp3) is 0.111. The van der Waals surface area contributed by atoms with Crippen LogP contribution in [0.1, 0.15) is 15.9 Å². The highest BCUT2D eigenvalue weighted by Gasteiger charge is 2.16. The highest BCUT2D eigenvalue weighted by atomic mass is 32.1. The molecule has 0 unspecified atom stereocenters. The van der Waals surface area contributed by atoms with E-state index < -0.39 is 0 Å². The molecule has 0 spiro atoms. The summed E-state index contributed by atoms with van der Waals surface area (Å²) in [4.78, 5) is 13.0. The first-order valence-electron chi connectivity index (χ1n) is 7.89. The lowest BCUT2D eigenvalue weighted by Crippen LogP contribution is -2.12. The molecule has 0 aliphatic heterocycles. The van der Waals surface area contributed by atoms with Gasteiger partial charge in [0.15, 0.2) is 5.82 Å². The Bertz CT molecular complexity index is 1100. The topological polar surface area (TPSA) is 81.4 Å². The number of aromatic nitrogens is 4. The molecule has 0 saturated carbocycles. The molecule has 0 bridgehead atoms. The number of hydrogen-bond donors (Lipinski definition) is 1. The van der Waals surface area contributed by atoms with E-state index in [2.05, 4.69) is 20.6 Å². The molecule has 1 amide bonds. The third-order valence-electron chi connectivity index (χ3n) is 3.82. The number of nitrogens with one attached hydrogen (secondary N) is 1. The number of fused-ring (bicyclic) bond motifs is 1. The van der Waals surface area contributed by atoms with Crippen LogP contribution in [0.15, 0.2) is 48.5 Å². The van der Waals surface area contributed by atoms with Gasteiger partial charge in [0.2, 0.25) is 10.1 Å². The van der Waals surface area contributed by atoms with E-state index in [0.717, 1.165) is 11.1 Å². The van der Waals surface area contributed by atoms with Crippen molar-refractivity contribution in [2.45, 2.75) is 6.92 Å². The largest absolute Gasteiger partial charge is 0.497 e. The van der Waals surface area contributed by atoms with Crippen molar-refractivity contribution in [3.8, 4) is 17.1 Å². The molecule has 0 saturated heterocycles. The van der Waals surface area contributed by atoms with Gasteiger partial charge in [0, 0.05) is 11.1 Å². The number of ether oxygens (including phenoxy) is 1. The van der Waals surface area contributed by atoms with Crippen LogP contribution in [0.25, 0.3) is 16.3 Å². The van der Waals surface area contributed by atoms with Crippen LogP contribution >= 0.6 is 11.3 Å². The van der Waals surface area contributed by atoms with Gasteiger partial charge < -0.3 is 4.74 Å². The van der Waals surface area contributed by atoms with Crippen molar-refractivity contribution in [2.24, 2.45) is 0 Å². The lowest BCUT2D eigenvalue weighted by molar-refractivity contribution is 0.102. The highest BCUT2D eigenvalue weighted by Crippen LogP contribution is 2.25. The Morgan fingerprint density at radius 2 is 2.00 bits per heavy atom. The summed E-state index contributed by atoms with van der Waals surface area (Å²) in [7, 11) is 1.56. The fourth-order valence-electron chi connectivity index (χ4n) is 2.57. The number of methoxy groups -OCH3 is 1. The Labute approximate surface area is 153 Å². The van der Waals surface area contributed by atoms with Gasteiger partial charge in [-0.25, -0.2) is 0 Å². The maximum atomic E-state index is 12.4. The van der Waals surface area contributed by atoms with Crippen molar-refractivity contribution in [2.75, 3.05) is 12.4 Å². The molecule has 7 nitrogen and oxygen atoms in total. The second-order valence-corrected chi connectivity index (χ2v) is 6.64. The number of nitrogens with zero attached hydrogens (tertiary/aromatic N) is 4. The molecule has 2 aromatic carbocycles. The van der Waals surface area contributed by atoms with Crippen molar-refractivity contribution < 1.29 is 9.53 Å². The minimum atomic E-state index is -0.258. The number of amides is 1. The lowest BCUT2D eigenvalue weighted by atomic mass is 10.1. The van der Waals surface area contributed by atoms with Crippen LogP contribution in [0.2, 0.25) is 0 Å². The zero-order valence-corrected chi connectivity index (χ0v) is 14.9. The van der Waals surface area contributed by atoms with Gasteiger partial charge in [-0.15, -0.1) is 15.3 Å². The van der Waals surface area contributed by atoms with Crippen LogP contribution in [-0.4, -0.2) is 32.8 Å². The average Bonchev–Trinajstić information content (AvgIpc) is 3.21. The second-order valence-electron chi connectivity index (χ2n) is 5.68. The van der Waals surface area contributed by atoms with Crippen molar-refractivity contribution in [3.05, 3.63) is 59.7 Å². The second kappa shape index (κ2) is 6.57. The summed E-state index contributed by atoms with van der Waals surface area (Å²) >= 11 is 1.26. The van der Waals surface area contributed by atoms with E-state index in [-0.39, 0.29) is 5.91 Å². The molecule has 26 heavy (non-hydrogen) atoms. The van der Waals surface area contributed by atoms with Crippen LogP contribution in [0, 0.1) is 6.92 Å². The van der Waals surface area contributed by atoms with E-state index >= 15 is 0 Å². The maximum Gasteiger partial charge on any atom is 0.257 e. The zero-order valence-electron chi connectivity index (χ0n) is 14.1. The Kier molecular flexibility index (Phi) is 4.10. The van der Waals surface area contributed by atoms with Gasteiger partial charge in [0.1, 0.15) is 5.75 Å². The normalized spacial score (nSPS) is 10.8. The molecule has 2 heterocycles. The predicted octanol–water partition coefficient (Wildman–Crippen LogP) is 3.42. The van der Waals surface area contributed by atoms with E-state index in [4.69, 9.17) is 4.74 Å². The van der Waals surface area contributed by atoms with Gasteiger partial charge in [-0.1, -0.05) is 41.2 Å². The summed E-state index contributed by atoms with van der Waals surface area (Å²) in [5.74, 6) is 1.00. The van der Waals surface area contributed by atoms with Crippen LogP contribution in [0.4, 0.5) is 5.13 Å². The minimum Gasteiger partial charge on any atom is -0.497 e. The molecule has 2 aromatic heterocycles. The van der Waals surface area contributed by atoms with Gasteiger partial charge in [0.05, 0.1) is 7.11 Å². The maximum absolute atomic E-state index is 12.4. The van der Waals surface area contributed by atoms with E-state index in [1.165, 1.54) is 11.3 Å². The van der Waals surface area contributed by atoms with E-state index in [9.17, 15) is 4.79 Å². The Morgan fingerprint density at radius 3 is 2.81 bits per heavy atom. The predicted molar refractivity (Wildman–Crippen MR) is 99.8 cm³/mol. The molecule has 8 heteroatoms. The van der Waals surface area contributed by atoms with E-state index in [1.807, 2.05) is 31.2 Å². The van der Waals surface area contributed by atoms with Crippen molar-refractivity contribution >= 4 is 27.3 Å². The van der Waals surface area contributed by atoms with Gasteiger partial charge in [-0.3, -0.25) is 10.1 Å². The van der Waals surface area contributed by atoms with Crippen molar-refractivity contribution in [1.29, 1.82) is 0 Å². The minimum absolute atomic E-state index is 0.258. The van der Waals surface area contributed by atoms with Gasteiger partial charge in [0.25, 0.3) is 5.91 Å². The number of anilines is 1. The van der Waals surface area contributed by atoms with Crippen LogP contribution in [0.5, 0.6) is 5.75 Å². The van der Waals surface area contributed by atoms with Crippen LogP contribution < -0.4 is 10.1 Å². The number of aryl methyl sites for hydroxylation is 1. The lowest BCUT2D eigenvalue weighted by Gasteiger charge is -2.03. The number of carbonyl (C=O) groups excluding carboxylic acids is 1. The molecule has 0 radical (unpaired) electrons. The first kappa shape index (κ1) is 16.2. The third-order valence-corrected chi connectivity index (χ3v) is 4.63. The summed E-state index contributed by atoms with van der Waals surface area (Å²) in [6, 6.07) is 14.9. The molecule has 4 rings (SSSR count). The molecule has 4 aromatic rings. The fourth-order valence-corrected chi connectivity index (χ4v) is 3.30. The monoisotopic (exact) mass is 365 g/mol. The zero-order chi connectivity index (χ0) is 18.1. The molecular formula is C18H15N5O2S. The summed E-state index contributed by atoms with van der Waals surface area (Å²) in [5.41, 5.74) is 2.55. The third kappa shape index (κ3) is 3.02. The summed E-state index contributed by atoms with van der Waals surface area (Å²) < 4.78 is 6.79. The smallest absolute Gasteiger partial charge is 0.257 e. The number of hydrogen-bond acceptors (Lipinski definition) is 6. The van der Waals surface area contributed by atoms with Crippen LogP contribution in [0.3, 0.4) is 0 Å². The summed E-state index contributed by atoms with van der Waals surface area (Å²) in [6.45, 7) is 2.02. The number of benzene rings is 2. The van der Waals surface area contributed by atoms with Gasteiger partial charge in [-0.05, 0) is 31.2 Å². The van der Waals surface area contributed by atoms with Gasteiger partial charge >= 0.3 is 0 Å². The highest BCUT2D eigenvalue weighted by molar-refractivity contribution is 7.20. The number of rotatable bonds is 4. The molecule has 0 aliphatic carbocycles. The first-order chi connectivity index (χ1) is 12.6.